The monoisotopic (exact) mass is 366 g/mol. The molecule has 0 saturated carbocycles. The first-order chi connectivity index (χ1) is 12.5. The second-order valence-corrected chi connectivity index (χ2v) is 6.41. The van der Waals surface area contributed by atoms with E-state index >= 15 is 0 Å². The normalized spacial score (nSPS) is 10.4. The molecule has 26 heavy (non-hydrogen) atoms. The van der Waals surface area contributed by atoms with Gasteiger partial charge >= 0.3 is 0 Å². The lowest BCUT2D eigenvalue weighted by atomic mass is 10.1. The fourth-order valence-electron chi connectivity index (χ4n) is 2.40. The number of rotatable bonds is 5. The minimum absolute atomic E-state index is 0.224. The first-order valence-corrected chi connectivity index (χ1v) is 8.58. The topological polar surface area (TPSA) is 66.9 Å². The summed E-state index contributed by atoms with van der Waals surface area (Å²) in [5.74, 6) is 0.228. The van der Waals surface area contributed by atoms with E-state index in [0.29, 0.717) is 23.1 Å². The molecule has 1 aromatic heterocycles. The summed E-state index contributed by atoms with van der Waals surface area (Å²) in [5, 5.41) is 6.68. The van der Waals surface area contributed by atoms with Crippen LogP contribution in [0.3, 0.4) is 0 Å². The average Bonchev–Trinajstić information content (AvgIpc) is 2.65. The Labute approximate surface area is 157 Å². The van der Waals surface area contributed by atoms with Crippen LogP contribution in [0.2, 0.25) is 5.02 Å². The van der Waals surface area contributed by atoms with Crippen LogP contribution in [-0.4, -0.2) is 15.9 Å². The molecule has 0 aliphatic carbocycles. The quantitative estimate of drug-likeness (QED) is 0.701. The number of aryl methyl sites for hydroxylation is 1. The Morgan fingerprint density at radius 1 is 1.04 bits per heavy atom. The summed E-state index contributed by atoms with van der Waals surface area (Å²) in [4.78, 5) is 20.7. The number of halogens is 1. The molecule has 2 aromatic carbocycles. The van der Waals surface area contributed by atoms with E-state index in [4.69, 9.17) is 11.6 Å². The highest BCUT2D eigenvalue weighted by atomic mass is 35.5. The Hall–Kier alpha value is -2.92. The Morgan fingerprint density at radius 3 is 2.42 bits per heavy atom. The second-order valence-electron chi connectivity index (χ2n) is 5.98. The van der Waals surface area contributed by atoms with E-state index < -0.39 is 0 Å². The van der Waals surface area contributed by atoms with Gasteiger partial charge in [-0.05, 0) is 48.7 Å². The third-order valence-corrected chi connectivity index (χ3v) is 4.38. The summed E-state index contributed by atoms with van der Waals surface area (Å²) in [6.45, 7) is 4.50. The molecule has 132 valence electrons. The number of hydrogen-bond acceptors (Lipinski definition) is 4. The van der Waals surface area contributed by atoms with Gasteiger partial charge in [0.2, 0.25) is 5.95 Å². The molecule has 0 spiro atoms. The molecule has 0 fully saturated rings. The van der Waals surface area contributed by atoms with Crippen LogP contribution in [0, 0.1) is 13.8 Å². The van der Waals surface area contributed by atoms with Crippen LogP contribution < -0.4 is 10.6 Å². The zero-order chi connectivity index (χ0) is 18.5. The molecule has 3 aromatic rings. The number of hydrogen-bond donors (Lipinski definition) is 2. The first-order valence-electron chi connectivity index (χ1n) is 8.21. The summed E-state index contributed by atoms with van der Waals surface area (Å²) in [6, 6.07) is 13.3. The maximum atomic E-state index is 12.2. The van der Waals surface area contributed by atoms with Crippen LogP contribution >= 0.6 is 11.6 Å². The van der Waals surface area contributed by atoms with E-state index in [1.54, 1.807) is 12.1 Å². The highest BCUT2D eigenvalue weighted by molar-refractivity contribution is 6.30. The molecule has 0 unspecified atom stereocenters. The first kappa shape index (κ1) is 17.9. The zero-order valence-corrected chi connectivity index (χ0v) is 15.3. The number of anilines is 2. The van der Waals surface area contributed by atoms with E-state index in [-0.39, 0.29) is 5.91 Å². The van der Waals surface area contributed by atoms with Crippen LogP contribution in [-0.2, 0) is 6.54 Å². The Kier molecular flexibility index (Phi) is 5.49. The van der Waals surface area contributed by atoms with E-state index in [1.165, 1.54) is 18.0 Å². The van der Waals surface area contributed by atoms with Crippen LogP contribution in [0.1, 0.15) is 27.0 Å². The minimum atomic E-state index is -0.224. The van der Waals surface area contributed by atoms with Gasteiger partial charge in [-0.1, -0.05) is 35.9 Å². The van der Waals surface area contributed by atoms with Crippen molar-refractivity contribution in [2.24, 2.45) is 0 Å². The van der Waals surface area contributed by atoms with Crippen LogP contribution in [0.25, 0.3) is 0 Å². The van der Waals surface area contributed by atoms with Gasteiger partial charge in [-0.25, -0.2) is 9.97 Å². The Morgan fingerprint density at radius 2 is 1.73 bits per heavy atom. The molecule has 0 aliphatic rings. The summed E-state index contributed by atoms with van der Waals surface area (Å²) >= 11 is 5.85. The van der Waals surface area contributed by atoms with Crippen molar-refractivity contribution in [2.45, 2.75) is 20.4 Å². The molecule has 1 heterocycles. The van der Waals surface area contributed by atoms with Crippen molar-refractivity contribution in [3.63, 3.8) is 0 Å². The molecule has 0 atom stereocenters. The number of benzene rings is 2. The number of aromatic nitrogens is 2. The van der Waals surface area contributed by atoms with Crippen molar-refractivity contribution < 1.29 is 4.79 Å². The van der Waals surface area contributed by atoms with Gasteiger partial charge in [0.15, 0.2) is 0 Å². The molecular weight excluding hydrogens is 348 g/mol. The SMILES string of the molecule is Cc1cccc(Nc2ncc(C(=O)NCc3ccc(Cl)cc3)cn2)c1C. The minimum Gasteiger partial charge on any atom is -0.348 e. The predicted octanol–water partition coefficient (Wildman–Crippen LogP) is 4.42. The van der Waals surface area contributed by atoms with Gasteiger partial charge in [-0.2, -0.15) is 0 Å². The summed E-state index contributed by atoms with van der Waals surface area (Å²) in [7, 11) is 0. The largest absolute Gasteiger partial charge is 0.348 e. The molecule has 2 N–H and O–H groups in total. The van der Waals surface area contributed by atoms with Gasteiger partial charge in [0.1, 0.15) is 0 Å². The van der Waals surface area contributed by atoms with E-state index in [2.05, 4.69) is 33.6 Å². The molecule has 6 heteroatoms. The lowest BCUT2D eigenvalue weighted by molar-refractivity contribution is 0.0950. The fourth-order valence-corrected chi connectivity index (χ4v) is 2.53. The molecule has 0 aliphatic heterocycles. The molecule has 0 bridgehead atoms. The number of carbonyl (C=O) groups excluding carboxylic acids is 1. The van der Waals surface area contributed by atoms with Crippen molar-refractivity contribution >= 4 is 29.1 Å². The van der Waals surface area contributed by atoms with Gasteiger partial charge in [0, 0.05) is 29.6 Å². The molecule has 0 saturated heterocycles. The third-order valence-electron chi connectivity index (χ3n) is 4.13. The van der Waals surface area contributed by atoms with Gasteiger partial charge in [0.25, 0.3) is 5.91 Å². The molecule has 0 radical (unpaired) electrons. The van der Waals surface area contributed by atoms with E-state index in [1.807, 2.05) is 31.2 Å². The van der Waals surface area contributed by atoms with E-state index in [9.17, 15) is 4.79 Å². The third kappa shape index (κ3) is 4.37. The standard InChI is InChI=1S/C20H19ClN4O/c1-13-4-3-5-18(14(13)2)25-20-23-11-16(12-24-20)19(26)22-10-15-6-8-17(21)9-7-15/h3-9,11-12H,10H2,1-2H3,(H,22,26)(H,23,24,25). The van der Waals surface area contributed by atoms with Crippen LogP contribution in [0.4, 0.5) is 11.6 Å². The van der Waals surface area contributed by atoms with Gasteiger partial charge < -0.3 is 10.6 Å². The highest BCUT2D eigenvalue weighted by Crippen LogP contribution is 2.20. The van der Waals surface area contributed by atoms with Gasteiger partial charge in [-0.3, -0.25) is 4.79 Å². The summed E-state index contributed by atoms with van der Waals surface area (Å²) < 4.78 is 0. The van der Waals surface area contributed by atoms with Crippen LogP contribution in [0.5, 0.6) is 0 Å². The van der Waals surface area contributed by atoms with Crippen molar-refractivity contribution in [2.75, 3.05) is 5.32 Å². The fraction of sp³-hybridized carbons (Fsp3) is 0.150. The highest BCUT2D eigenvalue weighted by Gasteiger charge is 2.08. The second kappa shape index (κ2) is 7.97. The summed E-state index contributed by atoms with van der Waals surface area (Å²) in [6.07, 6.45) is 3.02. The van der Waals surface area contributed by atoms with Gasteiger partial charge in [-0.15, -0.1) is 0 Å². The maximum absolute atomic E-state index is 12.2. The molecule has 3 rings (SSSR count). The smallest absolute Gasteiger partial charge is 0.254 e. The summed E-state index contributed by atoms with van der Waals surface area (Å²) in [5.41, 5.74) is 4.65. The predicted molar refractivity (Wildman–Crippen MR) is 104 cm³/mol. The van der Waals surface area contributed by atoms with Crippen molar-refractivity contribution in [1.29, 1.82) is 0 Å². The van der Waals surface area contributed by atoms with Crippen molar-refractivity contribution in [1.82, 2.24) is 15.3 Å². The average molecular weight is 367 g/mol. The molecule has 1 amide bonds. The van der Waals surface area contributed by atoms with Crippen molar-refractivity contribution in [3.05, 3.63) is 82.1 Å². The van der Waals surface area contributed by atoms with Gasteiger partial charge in [0.05, 0.1) is 5.56 Å². The zero-order valence-electron chi connectivity index (χ0n) is 14.6. The Bertz CT molecular complexity index is 908. The molecule has 5 nitrogen and oxygen atoms in total. The number of nitrogens with one attached hydrogen (secondary N) is 2. The lowest BCUT2D eigenvalue weighted by Crippen LogP contribution is -2.23. The lowest BCUT2D eigenvalue weighted by Gasteiger charge is -2.10. The number of carbonyl (C=O) groups is 1. The van der Waals surface area contributed by atoms with Crippen LogP contribution in [0.15, 0.2) is 54.9 Å². The maximum Gasteiger partial charge on any atom is 0.254 e. The molecular formula is C20H19ClN4O. The Balaban J connectivity index is 1.62. The van der Waals surface area contributed by atoms with Crippen molar-refractivity contribution in [3.8, 4) is 0 Å². The number of nitrogens with zero attached hydrogens (tertiary/aromatic N) is 2. The van der Waals surface area contributed by atoms with E-state index in [0.717, 1.165) is 16.8 Å². The number of amides is 1.